The molecule has 0 radical (unpaired) electrons. The fourth-order valence-corrected chi connectivity index (χ4v) is 3.79. The summed E-state index contributed by atoms with van der Waals surface area (Å²) in [6.07, 6.45) is 0.645. The third kappa shape index (κ3) is 5.45. The Morgan fingerprint density at radius 3 is 2.34 bits per heavy atom. The highest BCUT2D eigenvalue weighted by atomic mass is 32.2. The van der Waals surface area contributed by atoms with Crippen LogP contribution in [0.4, 0.5) is 4.79 Å². The van der Waals surface area contributed by atoms with Crippen LogP contribution in [0.2, 0.25) is 0 Å². The summed E-state index contributed by atoms with van der Waals surface area (Å²) < 4.78 is 1.88. The maximum absolute atomic E-state index is 12.8. The number of hydrogen-bond acceptors (Lipinski definition) is 5. The number of imide groups is 1. The van der Waals surface area contributed by atoms with Crippen LogP contribution in [0.5, 0.6) is 0 Å². The minimum absolute atomic E-state index is 0.403. The Labute approximate surface area is 173 Å². The van der Waals surface area contributed by atoms with Gasteiger partial charge in [0, 0.05) is 20.0 Å². The number of carbonyl (C=O) groups excluding carboxylic acids is 2. The van der Waals surface area contributed by atoms with E-state index in [1.165, 1.54) is 11.8 Å². The predicted octanol–water partition coefficient (Wildman–Crippen LogP) is 3.09. The monoisotopic (exact) mass is 409 g/mol. The average molecular weight is 410 g/mol. The molecule has 0 saturated heterocycles. The Kier molecular flexibility index (Phi) is 7.02. The fraction of sp³-hybridized carbons (Fsp3) is 0.238. The lowest BCUT2D eigenvalue weighted by Crippen LogP contribution is -2.41. The molecule has 29 heavy (non-hydrogen) atoms. The number of nitrogens with zero attached hydrogens (tertiary/aromatic N) is 3. The van der Waals surface area contributed by atoms with Crippen LogP contribution < -0.4 is 10.6 Å². The Bertz CT molecular complexity index is 960. The first-order valence-electron chi connectivity index (χ1n) is 9.31. The summed E-state index contributed by atoms with van der Waals surface area (Å²) in [5.74, 6) is 0.398. The minimum Gasteiger partial charge on any atom is -0.338 e. The molecule has 0 aliphatic carbocycles. The zero-order valence-corrected chi connectivity index (χ0v) is 17.1. The van der Waals surface area contributed by atoms with E-state index in [9.17, 15) is 9.59 Å². The lowest BCUT2D eigenvalue weighted by molar-refractivity contribution is -0.119. The van der Waals surface area contributed by atoms with Crippen LogP contribution in [0.3, 0.4) is 0 Å². The largest absolute Gasteiger partial charge is 0.338 e. The Morgan fingerprint density at radius 1 is 1.03 bits per heavy atom. The molecule has 3 aromatic rings. The zero-order valence-electron chi connectivity index (χ0n) is 16.3. The number of urea groups is 1. The molecule has 0 bridgehead atoms. The molecule has 3 rings (SSSR count). The highest BCUT2D eigenvalue weighted by molar-refractivity contribution is 8.00. The average Bonchev–Trinajstić information content (AvgIpc) is 3.07. The molecule has 3 amide bonds. The first kappa shape index (κ1) is 20.6. The van der Waals surface area contributed by atoms with Crippen LogP contribution in [0.15, 0.2) is 65.8 Å². The number of aromatic nitrogens is 3. The summed E-state index contributed by atoms with van der Waals surface area (Å²) in [7, 11) is 1.88. The number of carbonyl (C=O) groups is 2. The van der Waals surface area contributed by atoms with Crippen molar-refractivity contribution in [3.05, 3.63) is 77.6 Å². The molecule has 2 aromatic carbocycles. The van der Waals surface area contributed by atoms with Gasteiger partial charge in [-0.25, -0.2) is 4.79 Å². The second-order valence-electron chi connectivity index (χ2n) is 6.38. The summed E-state index contributed by atoms with van der Waals surface area (Å²) in [4.78, 5) is 24.6. The van der Waals surface area contributed by atoms with Crippen LogP contribution in [0.1, 0.15) is 29.1 Å². The van der Waals surface area contributed by atoms with Gasteiger partial charge in [0.05, 0.1) is 0 Å². The van der Waals surface area contributed by atoms with Gasteiger partial charge in [-0.2, -0.15) is 0 Å². The number of benzene rings is 2. The van der Waals surface area contributed by atoms with Gasteiger partial charge in [0.1, 0.15) is 11.1 Å². The Hall–Kier alpha value is -3.13. The Morgan fingerprint density at radius 2 is 1.69 bits per heavy atom. The molecule has 7 nitrogen and oxygen atoms in total. The first-order valence-corrected chi connectivity index (χ1v) is 10.2. The lowest BCUT2D eigenvalue weighted by Gasteiger charge is -2.16. The van der Waals surface area contributed by atoms with Gasteiger partial charge < -0.3 is 9.88 Å². The fourth-order valence-electron chi connectivity index (χ4n) is 2.77. The van der Waals surface area contributed by atoms with Gasteiger partial charge in [0.2, 0.25) is 5.91 Å². The standard InChI is InChI=1S/C21H23N5O2S/c1-3-22-20(28)23-19(27)18(16-12-8-5-9-13-16)29-21-25-24-17(26(21)2)14-15-10-6-4-7-11-15/h4-13,18H,3,14H2,1-2H3,(H2,22,23,27,28)/t18-/m1/s1. The van der Waals surface area contributed by atoms with E-state index in [-0.39, 0.29) is 0 Å². The van der Waals surface area contributed by atoms with Gasteiger partial charge >= 0.3 is 6.03 Å². The molecular weight excluding hydrogens is 386 g/mol. The molecule has 0 aliphatic heterocycles. The van der Waals surface area contributed by atoms with Crippen LogP contribution in [0, 0.1) is 0 Å². The van der Waals surface area contributed by atoms with E-state index in [0.29, 0.717) is 18.1 Å². The van der Waals surface area contributed by atoms with Crippen molar-refractivity contribution in [2.24, 2.45) is 7.05 Å². The molecule has 2 N–H and O–H groups in total. The van der Waals surface area contributed by atoms with E-state index in [4.69, 9.17) is 0 Å². The van der Waals surface area contributed by atoms with Crippen molar-refractivity contribution < 1.29 is 9.59 Å². The number of rotatable bonds is 7. The number of amides is 3. The van der Waals surface area contributed by atoms with Crippen molar-refractivity contribution in [1.82, 2.24) is 25.4 Å². The summed E-state index contributed by atoms with van der Waals surface area (Å²) >= 11 is 1.27. The smallest absolute Gasteiger partial charge is 0.321 e. The van der Waals surface area contributed by atoms with Crippen molar-refractivity contribution >= 4 is 23.7 Å². The molecule has 0 saturated carbocycles. The summed E-state index contributed by atoms with van der Waals surface area (Å²) in [5, 5.41) is 13.5. The highest BCUT2D eigenvalue weighted by Crippen LogP contribution is 2.34. The number of nitrogens with one attached hydrogen (secondary N) is 2. The molecule has 0 spiro atoms. The van der Waals surface area contributed by atoms with Crippen LogP contribution in [-0.4, -0.2) is 33.2 Å². The normalized spacial score (nSPS) is 11.7. The zero-order chi connectivity index (χ0) is 20.6. The lowest BCUT2D eigenvalue weighted by atomic mass is 10.1. The van der Waals surface area contributed by atoms with E-state index < -0.39 is 17.2 Å². The molecule has 0 unspecified atom stereocenters. The number of hydrogen-bond donors (Lipinski definition) is 2. The molecule has 0 fully saturated rings. The number of thioether (sulfide) groups is 1. The second-order valence-corrected chi connectivity index (χ2v) is 7.45. The van der Waals surface area contributed by atoms with Gasteiger partial charge in [-0.05, 0) is 18.1 Å². The quantitative estimate of drug-likeness (QED) is 0.586. The van der Waals surface area contributed by atoms with Gasteiger partial charge in [-0.1, -0.05) is 72.4 Å². The predicted molar refractivity (Wildman–Crippen MR) is 113 cm³/mol. The SMILES string of the molecule is CCNC(=O)NC(=O)[C@H](Sc1nnc(Cc2ccccc2)n1C)c1ccccc1. The maximum atomic E-state index is 12.8. The van der Waals surface area contributed by atoms with Crippen molar-refractivity contribution in [3.63, 3.8) is 0 Å². The maximum Gasteiger partial charge on any atom is 0.321 e. The molecule has 1 aromatic heterocycles. The van der Waals surface area contributed by atoms with E-state index in [0.717, 1.165) is 17.0 Å². The van der Waals surface area contributed by atoms with E-state index >= 15 is 0 Å². The third-order valence-corrected chi connectivity index (χ3v) is 5.56. The van der Waals surface area contributed by atoms with Crippen molar-refractivity contribution in [1.29, 1.82) is 0 Å². The van der Waals surface area contributed by atoms with Gasteiger partial charge in [0.25, 0.3) is 0 Å². The summed E-state index contributed by atoms with van der Waals surface area (Å²) in [5.41, 5.74) is 1.92. The molecule has 150 valence electrons. The van der Waals surface area contributed by atoms with Crippen molar-refractivity contribution in [2.75, 3.05) is 6.54 Å². The van der Waals surface area contributed by atoms with E-state index in [1.807, 2.05) is 72.3 Å². The van der Waals surface area contributed by atoms with Crippen LogP contribution in [-0.2, 0) is 18.3 Å². The van der Waals surface area contributed by atoms with Crippen LogP contribution in [0.25, 0.3) is 0 Å². The second kappa shape index (κ2) is 9.88. The van der Waals surface area contributed by atoms with Gasteiger partial charge in [0.15, 0.2) is 5.16 Å². The van der Waals surface area contributed by atoms with Crippen molar-refractivity contribution in [2.45, 2.75) is 23.8 Å². The molecular formula is C21H23N5O2S. The third-order valence-electron chi connectivity index (χ3n) is 4.27. The van der Waals surface area contributed by atoms with Gasteiger partial charge in [-0.15, -0.1) is 10.2 Å². The first-order chi connectivity index (χ1) is 14.1. The van der Waals surface area contributed by atoms with Crippen LogP contribution >= 0.6 is 11.8 Å². The van der Waals surface area contributed by atoms with E-state index in [1.54, 1.807) is 6.92 Å². The molecule has 0 aliphatic rings. The van der Waals surface area contributed by atoms with E-state index in [2.05, 4.69) is 20.8 Å². The molecule has 1 heterocycles. The highest BCUT2D eigenvalue weighted by Gasteiger charge is 2.26. The Balaban J connectivity index is 1.81. The summed E-state index contributed by atoms with van der Waals surface area (Å²) in [6.45, 7) is 2.23. The minimum atomic E-state index is -0.633. The summed E-state index contributed by atoms with van der Waals surface area (Å²) in [6, 6.07) is 18.8. The van der Waals surface area contributed by atoms with Crippen molar-refractivity contribution in [3.8, 4) is 0 Å². The van der Waals surface area contributed by atoms with Gasteiger partial charge in [-0.3, -0.25) is 10.1 Å². The topological polar surface area (TPSA) is 88.9 Å². The molecule has 1 atom stereocenters. The molecule has 8 heteroatoms.